The molecule has 1 atom stereocenters. The van der Waals surface area contributed by atoms with Crippen molar-refractivity contribution in [2.45, 2.75) is 19.0 Å². The van der Waals surface area contributed by atoms with Crippen LogP contribution in [0.4, 0.5) is 14.5 Å². The van der Waals surface area contributed by atoms with Crippen LogP contribution >= 0.6 is 0 Å². The maximum Gasteiger partial charge on any atom is 0.149 e. The molecule has 3 rings (SSSR count). The maximum absolute atomic E-state index is 13.7. The highest BCUT2D eigenvalue weighted by atomic mass is 19.1. The molecule has 0 saturated carbocycles. The summed E-state index contributed by atoms with van der Waals surface area (Å²) < 4.78 is 26.6. The quantitative estimate of drug-likeness (QED) is 0.899. The lowest BCUT2D eigenvalue weighted by molar-refractivity contribution is 0.539. The van der Waals surface area contributed by atoms with Crippen molar-refractivity contribution in [2.75, 3.05) is 18.0 Å². The van der Waals surface area contributed by atoms with E-state index < -0.39 is 11.6 Å². The Morgan fingerprint density at radius 1 is 1.40 bits per heavy atom. The van der Waals surface area contributed by atoms with Gasteiger partial charge in [0.1, 0.15) is 17.5 Å². The molecule has 0 bridgehead atoms. The lowest BCUT2D eigenvalue weighted by Gasteiger charge is -2.19. The Bertz CT molecular complexity index is 571. The number of halogens is 2. The van der Waals surface area contributed by atoms with Crippen LogP contribution in [-0.2, 0) is 6.54 Å². The van der Waals surface area contributed by atoms with Crippen molar-refractivity contribution in [3.8, 4) is 0 Å². The Hall–Kier alpha value is -1.95. The topological polar surface area (TPSA) is 44.0 Å². The summed E-state index contributed by atoms with van der Waals surface area (Å²) in [6.45, 7) is 2.14. The van der Waals surface area contributed by atoms with Gasteiger partial charge in [-0.15, -0.1) is 0 Å². The number of hydrogen-bond acceptors (Lipinski definition) is 3. The lowest BCUT2D eigenvalue weighted by atomic mass is 10.2. The minimum absolute atomic E-state index is 0.282. The van der Waals surface area contributed by atoms with Crippen molar-refractivity contribution in [3.05, 3.63) is 48.1 Å². The second-order valence-electron chi connectivity index (χ2n) is 4.94. The molecular formula is C14H16F2N4. The van der Waals surface area contributed by atoms with E-state index in [9.17, 15) is 8.78 Å². The first-order valence-electron chi connectivity index (χ1n) is 6.64. The van der Waals surface area contributed by atoms with Crippen molar-refractivity contribution >= 4 is 5.69 Å². The Morgan fingerprint density at radius 3 is 3.05 bits per heavy atom. The second kappa shape index (κ2) is 5.58. The Balaban J connectivity index is 1.59. The van der Waals surface area contributed by atoms with Gasteiger partial charge in [0.15, 0.2) is 0 Å². The second-order valence-corrected chi connectivity index (χ2v) is 4.94. The van der Waals surface area contributed by atoms with Crippen LogP contribution in [0.5, 0.6) is 0 Å². The van der Waals surface area contributed by atoms with Crippen molar-refractivity contribution < 1.29 is 8.78 Å². The number of aromatic nitrogens is 2. The van der Waals surface area contributed by atoms with Gasteiger partial charge in [0.2, 0.25) is 0 Å². The third-order valence-electron chi connectivity index (χ3n) is 3.55. The van der Waals surface area contributed by atoms with Gasteiger partial charge in [-0.2, -0.15) is 0 Å². The van der Waals surface area contributed by atoms with E-state index in [0.29, 0.717) is 18.8 Å². The first kappa shape index (κ1) is 13.1. The zero-order chi connectivity index (χ0) is 13.9. The number of nitrogens with one attached hydrogen (secondary N) is 2. The average Bonchev–Trinajstić information content (AvgIpc) is 3.07. The summed E-state index contributed by atoms with van der Waals surface area (Å²) in [4.78, 5) is 9.11. The lowest BCUT2D eigenvalue weighted by Crippen LogP contribution is -2.32. The number of nitrogens with zero attached hydrogens (tertiary/aromatic N) is 2. The first-order chi connectivity index (χ1) is 9.72. The monoisotopic (exact) mass is 278 g/mol. The van der Waals surface area contributed by atoms with Gasteiger partial charge in [-0.3, -0.25) is 0 Å². The fraction of sp³-hybridized carbons (Fsp3) is 0.357. The van der Waals surface area contributed by atoms with E-state index in [1.807, 2.05) is 4.90 Å². The molecule has 1 saturated heterocycles. The van der Waals surface area contributed by atoms with E-state index in [4.69, 9.17) is 0 Å². The average molecular weight is 278 g/mol. The zero-order valence-electron chi connectivity index (χ0n) is 10.9. The van der Waals surface area contributed by atoms with Crippen LogP contribution in [0.1, 0.15) is 12.2 Å². The standard InChI is InChI=1S/C14H16F2N4/c15-10-1-2-13(12(16)7-10)20-6-3-11(9-20)19-8-14-17-4-5-18-14/h1-2,4-5,7,11,19H,3,6,8-9H2,(H,17,18). The highest BCUT2D eigenvalue weighted by Crippen LogP contribution is 2.24. The van der Waals surface area contributed by atoms with E-state index in [2.05, 4.69) is 15.3 Å². The molecule has 2 heterocycles. The first-order valence-corrected chi connectivity index (χ1v) is 6.64. The summed E-state index contributed by atoms with van der Waals surface area (Å²) in [6, 6.07) is 4.00. The third-order valence-corrected chi connectivity index (χ3v) is 3.55. The van der Waals surface area contributed by atoms with Gasteiger partial charge in [-0.05, 0) is 18.6 Å². The Kier molecular flexibility index (Phi) is 3.64. The third kappa shape index (κ3) is 2.80. The number of hydrogen-bond donors (Lipinski definition) is 2. The molecule has 4 nitrogen and oxygen atoms in total. The highest BCUT2D eigenvalue weighted by Gasteiger charge is 2.24. The molecule has 0 radical (unpaired) electrons. The van der Waals surface area contributed by atoms with Crippen LogP contribution in [0, 0.1) is 11.6 Å². The van der Waals surface area contributed by atoms with Gasteiger partial charge >= 0.3 is 0 Å². The molecule has 1 aliphatic heterocycles. The molecule has 1 unspecified atom stereocenters. The molecule has 6 heteroatoms. The van der Waals surface area contributed by atoms with Gasteiger partial charge in [0.25, 0.3) is 0 Å². The van der Waals surface area contributed by atoms with Crippen molar-refractivity contribution in [1.82, 2.24) is 15.3 Å². The number of H-pyrrole nitrogens is 1. The minimum Gasteiger partial charge on any atom is -0.368 e. The molecule has 20 heavy (non-hydrogen) atoms. The Morgan fingerprint density at radius 2 is 2.30 bits per heavy atom. The van der Waals surface area contributed by atoms with Crippen molar-refractivity contribution in [1.29, 1.82) is 0 Å². The predicted molar refractivity (Wildman–Crippen MR) is 72.4 cm³/mol. The molecule has 0 spiro atoms. The van der Waals surface area contributed by atoms with E-state index in [1.54, 1.807) is 12.4 Å². The van der Waals surface area contributed by atoms with Crippen molar-refractivity contribution in [2.24, 2.45) is 0 Å². The largest absolute Gasteiger partial charge is 0.368 e. The Labute approximate surface area is 115 Å². The molecular weight excluding hydrogens is 262 g/mol. The van der Waals surface area contributed by atoms with Crippen LogP contribution in [0.25, 0.3) is 0 Å². The predicted octanol–water partition coefficient (Wildman–Crippen LogP) is 2.06. The molecule has 2 aromatic rings. The number of rotatable bonds is 4. The van der Waals surface area contributed by atoms with Crippen LogP contribution in [-0.4, -0.2) is 29.1 Å². The summed E-state index contributed by atoms with van der Waals surface area (Å²) in [6.07, 6.45) is 4.43. The smallest absolute Gasteiger partial charge is 0.149 e. The molecule has 1 aromatic carbocycles. The van der Waals surface area contributed by atoms with Gasteiger partial charge in [-0.1, -0.05) is 0 Å². The van der Waals surface area contributed by atoms with E-state index in [1.165, 1.54) is 12.1 Å². The number of imidazole rings is 1. The van der Waals surface area contributed by atoms with Crippen LogP contribution in [0.15, 0.2) is 30.6 Å². The van der Waals surface area contributed by atoms with E-state index in [-0.39, 0.29) is 6.04 Å². The van der Waals surface area contributed by atoms with Gasteiger partial charge in [0, 0.05) is 37.6 Å². The summed E-state index contributed by atoms with van der Waals surface area (Å²) in [5, 5.41) is 3.38. The highest BCUT2D eigenvalue weighted by molar-refractivity contribution is 5.49. The number of aromatic amines is 1. The molecule has 1 aliphatic rings. The summed E-state index contributed by atoms with van der Waals surface area (Å²) >= 11 is 0. The molecule has 106 valence electrons. The molecule has 1 aromatic heterocycles. The number of anilines is 1. The van der Waals surface area contributed by atoms with E-state index >= 15 is 0 Å². The molecule has 2 N–H and O–H groups in total. The van der Waals surface area contributed by atoms with Crippen LogP contribution in [0.2, 0.25) is 0 Å². The summed E-state index contributed by atoms with van der Waals surface area (Å²) in [5.41, 5.74) is 0.466. The fourth-order valence-electron chi connectivity index (χ4n) is 2.52. The van der Waals surface area contributed by atoms with Gasteiger partial charge in [0.05, 0.1) is 12.2 Å². The summed E-state index contributed by atoms with van der Waals surface area (Å²) in [7, 11) is 0. The van der Waals surface area contributed by atoms with E-state index in [0.717, 1.165) is 24.9 Å². The SMILES string of the molecule is Fc1ccc(N2CCC(NCc3ncc[nH]3)C2)c(F)c1. The zero-order valence-corrected chi connectivity index (χ0v) is 10.9. The van der Waals surface area contributed by atoms with Gasteiger partial charge in [-0.25, -0.2) is 13.8 Å². The fourth-order valence-corrected chi connectivity index (χ4v) is 2.52. The number of benzene rings is 1. The maximum atomic E-state index is 13.7. The molecule has 0 amide bonds. The van der Waals surface area contributed by atoms with Crippen LogP contribution in [0.3, 0.4) is 0 Å². The van der Waals surface area contributed by atoms with Gasteiger partial charge < -0.3 is 15.2 Å². The molecule has 1 fully saturated rings. The normalized spacial score (nSPS) is 18.7. The molecule has 0 aliphatic carbocycles. The van der Waals surface area contributed by atoms with Crippen LogP contribution < -0.4 is 10.2 Å². The summed E-state index contributed by atoms with van der Waals surface area (Å²) in [5.74, 6) is -0.161. The van der Waals surface area contributed by atoms with Crippen molar-refractivity contribution in [3.63, 3.8) is 0 Å². The minimum atomic E-state index is -0.544.